The Balaban J connectivity index is 1.30. The third kappa shape index (κ3) is 6.40. The average Bonchev–Trinajstić information content (AvgIpc) is 3.51. The maximum absolute atomic E-state index is 12.4. The molecule has 4 aromatic rings. The van der Waals surface area contributed by atoms with Gasteiger partial charge in [0, 0.05) is 18.1 Å². The number of rotatable bonds is 8. The Kier molecular flexibility index (Phi) is 6.47. The zero-order chi connectivity index (χ0) is 26.0. The van der Waals surface area contributed by atoms with Crippen LogP contribution in [0.4, 0.5) is 13.2 Å². The van der Waals surface area contributed by atoms with Crippen molar-refractivity contribution >= 4 is 5.97 Å². The summed E-state index contributed by atoms with van der Waals surface area (Å²) in [5.74, 6) is 0.271. The van der Waals surface area contributed by atoms with Crippen molar-refractivity contribution in [3.05, 3.63) is 76.6 Å². The summed E-state index contributed by atoms with van der Waals surface area (Å²) in [5, 5.41) is 8.13. The molecule has 2 aromatic heterocycles. The molecular weight excluding hydrogens is 493 g/mol. The Morgan fingerprint density at radius 3 is 2.57 bits per heavy atom. The number of aromatic nitrogens is 4. The highest BCUT2D eigenvalue weighted by atomic mass is 19.4. The molecule has 0 bridgehead atoms. The normalized spacial score (nSPS) is 13.4. The SMILES string of the molecule is O=C(CC1CC1)Oc1cccc(Cn2nc(-c3nc(-c4ccc(OC(F)(F)F)cc4)no3)ccc2=O)c1. The molecule has 0 N–H and O–H groups in total. The number of hydrogen-bond acceptors (Lipinski definition) is 8. The summed E-state index contributed by atoms with van der Waals surface area (Å²) in [6.07, 6.45) is -2.31. The van der Waals surface area contributed by atoms with Crippen LogP contribution in [0.3, 0.4) is 0 Å². The number of nitrogens with zero attached hydrogens (tertiary/aromatic N) is 4. The minimum absolute atomic E-state index is 0.0159. The predicted octanol–water partition coefficient (Wildman–Crippen LogP) is 4.61. The van der Waals surface area contributed by atoms with Crippen LogP contribution in [-0.4, -0.2) is 32.3 Å². The van der Waals surface area contributed by atoms with Crippen LogP contribution in [0.15, 0.2) is 70.0 Å². The van der Waals surface area contributed by atoms with Gasteiger partial charge in [0.1, 0.15) is 17.2 Å². The first-order valence-electron chi connectivity index (χ1n) is 11.3. The van der Waals surface area contributed by atoms with E-state index in [9.17, 15) is 22.8 Å². The molecular formula is C25H19F3N4O5. The van der Waals surface area contributed by atoms with Crippen LogP contribution in [0, 0.1) is 5.92 Å². The molecule has 1 aliphatic carbocycles. The molecule has 2 aromatic carbocycles. The Hall–Kier alpha value is -4.48. The quantitative estimate of drug-likeness (QED) is 0.249. The van der Waals surface area contributed by atoms with Crippen LogP contribution < -0.4 is 15.0 Å². The van der Waals surface area contributed by atoms with E-state index in [4.69, 9.17) is 9.26 Å². The maximum atomic E-state index is 12.4. The van der Waals surface area contributed by atoms with Gasteiger partial charge in [-0.2, -0.15) is 10.1 Å². The average molecular weight is 512 g/mol. The van der Waals surface area contributed by atoms with Crippen molar-refractivity contribution in [3.63, 3.8) is 0 Å². The summed E-state index contributed by atoms with van der Waals surface area (Å²) in [7, 11) is 0. The molecule has 0 atom stereocenters. The van der Waals surface area contributed by atoms with Crippen LogP contribution in [0.25, 0.3) is 23.0 Å². The lowest BCUT2D eigenvalue weighted by molar-refractivity contribution is -0.274. The molecule has 2 heterocycles. The Bertz CT molecular complexity index is 1480. The highest BCUT2D eigenvalue weighted by Gasteiger charge is 2.31. The molecule has 5 rings (SSSR count). The monoisotopic (exact) mass is 512 g/mol. The lowest BCUT2D eigenvalue weighted by Gasteiger charge is -2.08. The zero-order valence-corrected chi connectivity index (χ0v) is 19.1. The van der Waals surface area contributed by atoms with Gasteiger partial charge < -0.3 is 14.0 Å². The fraction of sp³-hybridized carbons (Fsp3) is 0.240. The molecule has 12 heteroatoms. The van der Waals surface area contributed by atoms with E-state index >= 15 is 0 Å². The number of ether oxygens (including phenoxy) is 2. The molecule has 1 fully saturated rings. The standard InChI is InChI=1S/C25H19F3N4O5/c26-25(27,28)36-18-8-6-17(7-9-18)23-29-24(37-31-23)20-10-11-21(33)32(30-20)14-16-2-1-3-19(12-16)35-22(34)13-15-4-5-15/h1-3,6-12,15H,4-5,13-14H2. The van der Waals surface area contributed by atoms with E-state index in [0.717, 1.165) is 25.0 Å². The summed E-state index contributed by atoms with van der Waals surface area (Å²) >= 11 is 0. The molecule has 0 aliphatic heterocycles. The van der Waals surface area contributed by atoms with Gasteiger partial charge in [-0.25, -0.2) is 4.68 Å². The van der Waals surface area contributed by atoms with Gasteiger partial charge >= 0.3 is 12.3 Å². The molecule has 1 aliphatic rings. The number of esters is 1. The summed E-state index contributed by atoms with van der Waals surface area (Å²) < 4.78 is 52.8. The number of benzene rings is 2. The summed E-state index contributed by atoms with van der Waals surface area (Å²) in [6, 6.07) is 14.5. The minimum Gasteiger partial charge on any atom is -0.427 e. The van der Waals surface area contributed by atoms with Gasteiger partial charge in [0.2, 0.25) is 5.82 Å². The van der Waals surface area contributed by atoms with E-state index in [0.29, 0.717) is 29.2 Å². The van der Waals surface area contributed by atoms with E-state index in [2.05, 4.69) is 20.0 Å². The molecule has 0 unspecified atom stereocenters. The van der Waals surface area contributed by atoms with Crippen molar-refractivity contribution < 1.29 is 32.0 Å². The van der Waals surface area contributed by atoms with Crippen molar-refractivity contribution in [2.45, 2.75) is 32.2 Å². The van der Waals surface area contributed by atoms with Gasteiger partial charge in [0.15, 0.2) is 0 Å². The summed E-state index contributed by atoms with van der Waals surface area (Å²) in [6.45, 7) is 0.0996. The Morgan fingerprint density at radius 2 is 1.84 bits per heavy atom. The molecule has 37 heavy (non-hydrogen) atoms. The van der Waals surface area contributed by atoms with E-state index in [1.54, 1.807) is 24.3 Å². The molecule has 0 amide bonds. The third-order valence-electron chi connectivity index (χ3n) is 5.47. The van der Waals surface area contributed by atoms with Gasteiger partial charge in [-0.3, -0.25) is 9.59 Å². The van der Waals surface area contributed by atoms with E-state index in [1.165, 1.54) is 28.9 Å². The van der Waals surface area contributed by atoms with Crippen molar-refractivity contribution in [2.24, 2.45) is 5.92 Å². The molecule has 0 radical (unpaired) electrons. The Labute approximate surface area is 207 Å². The third-order valence-corrected chi connectivity index (χ3v) is 5.47. The number of carbonyl (C=O) groups excluding carboxylic acids is 1. The second-order valence-electron chi connectivity index (χ2n) is 8.48. The topological polar surface area (TPSA) is 109 Å². The first kappa shape index (κ1) is 24.2. The van der Waals surface area contributed by atoms with Crippen LogP contribution in [-0.2, 0) is 11.3 Å². The molecule has 190 valence electrons. The van der Waals surface area contributed by atoms with Crippen molar-refractivity contribution in [1.82, 2.24) is 19.9 Å². The van der Waals surface area contributed by atoms with Crippen LogP contribution >= 0.6 is 0 Å². The first-order chi connectivity index (χ1) is 17.7. The fourth-order valence-corrected chi connectivity index (χ4v) is 3.54. The largest absolute Gasteiger partial charge is 0.573 e. The van der Waals surface area contributed by atoms with E-state index < -0.39 is 6.36 Å². The van der Waals surface area contributed by atoms with Gasteiger partial charge in [-0.15, -0.1) is 13.2 Å². The van der Waals surface area contributed by atoms with Crippen molar-refractivity contribution in [3.8, 4) is 34.5 Å². The van der Waals surface area contributed by atoms with Crippen LogP contribution in [0.5, 0.6) is 11.5 Å². The molecule has 9 nitrogen and oxygen atoms in total. The van der Waals surface area contributed by atoms with Crippen molar-refractivity contribution in [1.29, 1.82) is 0 Å². The van der Waals surface area contributed by atoms with Crippen LogP contribution in [0.2, 0.25) is 0 Å². The number of hydrogen-bond donors (Lipinski definition) is 0. The number of halogens is 3. The second kappa shape index (κ2) is 9.88. The zero-order valence-electron chi connectivity index (χ0n) is 19.1. The highest BCUT2D eigenvalue weighted by molar-refractivity contribution is 5.73. The van der Waals surface area contributed by atoms with E-state index in [1.807, 2.05) is 0 Å². The predicted molar refractivity (Wildman–Crippen MR) is 122 cm³/mol. The minimum atomic E-state index is -4.79. The number of alkyl halides is 3. The summed E-state index contributed by atoms with van der Waals surface area (Å²) in [5.41, 5.74) is 0.934. The first-order valence-corrected chi connectivity index (χ1v) is 11.3. The lowest BCUT2D eigenvalue weighted by atomic mass is 10.2. The summed E-state index contributed by atoms with van der Waals surface area (Å²) in [4.78, 5) is 28.6. The fourth-order valence-electron chi connectivity index (χ4n) is 3.54. The maximum Gasteiger partial charge on any atom is 0.573 e. The van der Waals surface area contributed by atoms with Crippen LogP contribution in [0.1, 0.15) is 24.8 Å². The lowest BCUT2D eigenvalue weighted by Crippen LogP contribution is -2.23. The molecule has 1 saturated carbocycles. The second-order valence-corrected chi connectivity index (χ2v) is 8.48. The molecule has 0 spiro atoms. The van der Waals surface area contributed by atoms with Gasteiger partial charge in [0.05, 0.1) is 6.54 Å². The highest BCUT2D eigenvalue weighted by Crippen LogP contribution is 2.33. The van der Waals surface area contributed by atoms with Crippen molar-refractivity contribution in [2.75, 3.05) is 0 Å². The van der Waals surface area contributed by atoms with Gasteiger partial charge in [0.25, 0.3) is 11.4 Å². The van der Waals surface area contributed by atoms with E-state index in [-0.39, 0.29) is 41.2 Å². The van der Waals surface area contributed by atoms with Gasteiger partial charge in [-0.1, -0.05) is 17.3 Å². The van der Waals surface area contributed by atoms with Gasteiger partial charge in [-0.05, 0) is 66.8 Å². The Morgan fingerprint density at radius 1 is 1.05 bits per heavy atom. The molecule has 0 saturated heterocycles. The number of carbonyl (C=O) groups is 1. The smallest absolute Gasteiger partial charge is 0.427 e.